The molecule has 12 nitrogen and oxygen atoms in total. The molecule has 4 N–H and O–H groups in total. The fourth-order valence-corrected chi connectivity index (χ4v) is 4.21. The number of aromatic amines is 2. The summed E-state index contributed by atoms with van der Waals surface area (Å²) in [5, 5.41) is 18.9. The number of hydrogen-bond donors (Lipinski definition) is 4. The van der Waals surface area contributed by atoms with E-state index in [2.05, 4.69) is 43.8 Å². The smallest absolute Gasteiger partial charge is 0.420 e. The van der Waals surface area contributed by atoms with E-state index < -0.39 is 24.7 Å². The van der Waals surface area contributed by atoms with E-state index in [0.717, 1.165) is 16.6 Å². The lowest BCUT2D eigenvalue weighted by atomic mass is 10.2. The second-order valence-electron chi connectivity index (χ2n) is 12.8. The topological polar surface area (TPSA) is 177 Å². The number of aromatic nitrogens is 3. The molecule has 0 aliphatic heterocycles. The summed E-state index contributed by atoms with van der Waals surface area (Å²) in [6.45, 7) is 17.2. The minimum atomic E-state index is -1.39. The summed E-state index contributed by atoms with van der Waals surface area (Å²) >= 11 is 6.15. The van der Waals surface area contributed by atoms with Crippen LogP contribution in [0.3, 0.4) is 0 Å². The third-order valence-corrected chi connectivity index (χ3v) is 13.2. The third kappa shape index (κ3) is 11.0. The van der Waals surface area contributed by atoms with Gasteiger partial charge in [-0.15, -0.1) is 0 Å². The van der Waals surface area contributed by atoms with Crippen LogP contribution in [0.4, 0.5) is 0 Å². The molecule has 3 heterocycles. The van der Waals surface area contributed by atoms with E-state index in [1.54, 1.807) is 19.2 Å². The SMILES string of the molecule is CC.CC(C)(C)[Si](C)(C)Cl.COc1ccccc1Cn1c(=O)oc2ccc(O)cc21.Cc1ccc2oc(=O)[nH]c2c1.O=c1[nH]c2cc(O)ccc2o1. The molecule has 0 spiro atoms. The van der Waals surface area contributed by atoms with E-state index in [4.69, 9.17) is 34.2 Å². The quantitative estimate of drug-likeness (QED) is 0.101. The van der Waals surface area contributed by atoms with E-state index >= 15 is 0 Å². The zero-order chi connectivity index (χ0) is 38.8. The first-order chi connectivity index (χ1) is 24.4. The van der Waals surface area contributed by atoms with Gasteiger partial charge in [0, 0.05) is 17.7 Å². The Labute approximate surface area is 306 Å². The molecule has 3 aromatic heterocycles. The number of para-hydroxylation sites is 1. The van der Waals surface area contributed by atoms with Crippen molar-refractivity contribution in [1.82, 2.24) is 14.5 Å². The molecular weight excluding hydrogens is 706 g/mol. The van der Waals surface area contributed by atoms with Gasteiger partial charge in [-0.25, -0.2) is 14.4 Å². The number of halogens is 1. The Balaban J connectivity index is 0.000000196. The summed E-state index contributed by atoms with van der Waals surface area (Å²) in [6, 6.07) is 22.0. The first-order valence-corrected chi connectivity index (χ1v) is 20.5. The standard InChI is InChI=1S/C15H13NO4.C8H7NO2.C7H5NO3.C6H15ClSi.C2H6/c1-19-13-5-3-2-4-10(13)9-16-12-8-11(17)6-7-14(12)20-15(16)18;1-5-2-3-7-6(4-5)9-8(10)11-7;9-4-1-2-6-5(3-4)8-7(10)11-6;1-6(2,3)8(4,5)7;1-2/h2-8,17H,9H2,1H3;2-4H,1H3,(H,9,10);1-3,9H,(H,8,10);1-5H3;1-2H3. The van der Waals surface area contributed by atoms with Gasteiger partial charge in [0.15, 0.2) is 24.1 Å². The van der Waals surface area contributed by atoms with E-state index in [0.29, 0.717) is 45.1 Å². The van der Waals surface area contributed by atoms with Crippen LogP contribution in [0.25, 0.3) is 33.3 Å². The number of hydrogen-bond acceptors (Lipinski definition) is 9. The summed E-state index contributed by atoms with van der Waals surface area (Å²) in [5.74, 6) is -0.469. The number of ether oxygens (including phenoxy) is 1. The Morgan fingerprint density at radius 3 is 1.83 bits per heavy atom. The molecule has 0 unspecified atom stereocenters. The van der Waals surface area contributed by atoms with Crippen LogP contribution < -0.4 is 22.0 Å². The highest BCUT2D eigenvalue weighted by atomic mass is 35.6. The van der Waals surface area contributed by atoms with E-state index in [1.807, 2.05) is 57.2 Å². The van der Waals surface area contributed by atoms with Crippen LogP contribution in [-0.4, -0.2) is 39.2 Å². The maximum atomic E-state index is 11.9. The molecular formula is C38H46ClN3O9Si. The highest BCUT2D eigenvalue weighted by Crippen LogP contribution is 2.38. The lowest BCUT2D eigenvalue weighted by Crippen LogP contribution is -2.29. The number of fused-ring (bicyclic) bond motifs is 3. The van der Waals surface area contributed by atoms with Crippen molar-refractivity contribution in [2.24, 2.45) is 0 Å². The molecule has 0 atom stereocenters. The Bertz CT molecular complexity index is 2290. The van der Waals surface area contributed by atoms with Crippen LogP contribution in [0, 0.1) is 6.92 Å². The van der Waals surface area contributed by atoms with Crippen molar-refractivity contribution in [2.75, 3.05) is 7.11 Å². The second-order valence-corrected chi connectivity index (χ2v) is 20.1. The number of phenols is 2. The first-order valence-electron chi connectivity index (χ1n) is 16.5. The van der Waals surface area contributed by atoms with Crippen LogP contribution in [0.1, 0.15) is 45.7 Å². The summed E-state index contributed by atoms with van der Waals surface area (Å²) < 4.78 is 21.4. The second kappa shape index (κ2) is 17.7. The summed E-state index contributed by atoms with van der Waals surface area (Å²) in [5.41, 5.74) is 5.31. The lowest BCUT2D eigenvalue weighted by molar-refractivity contribution is 0.407. The Morgan fingerprint density at radius 2 is 1.27 bits per heavy atom. The zero-order valence-electron chi connectivity index (χ0n) is 30.8. The predicted octanol–water partition coefficient (Wildman–Crippen LogP) is 8.87. The first kappa shape index (κ1) is 41.0. The van der Waals surface area contributed by atoms with Crippen molar-refractivity contribution in [3.05, 3.63) is 122 Å². The molecule has 0 saturated heterocycles. The predicted molar refractivity (Wildman–Crippen MR) is 209 cm³/mol. The van der Waals surface area contributed by atoms with Gasteiger partial charge in [-0.05, 0) is 60.0 Å². The fraction of sp³-hybridized carbons (Fsp3) is 0.289. The number of nitrogens with one attached hydrogen (secondary N) is 2. The molecule has 278 valence electrons. The number of aryl methyl sites for hydroxylation is 1. The van der Waals surface area contributed by atoms with Crippen LogP contribution in [-0.2, 0) is 6.54 Å². The molecule has 0 aliphatic rings. The molecule has 0 saturated carbocycles. The molecule has 14 heteroatoms. The van der Waals surface area contributed by atoms with Crippen molar-refractivity contribution in [1.29, 1.82) is 0 Å². The van der Waals surface area contributed by atoms with Gasteiger partial charge < -0.3 is 28.2 Å². The Hall–Kier alpha value is -5.40. The number of H-pyrrole nitrogens is 2. The number of benzene rings is 4. The number of aromatic hydroxyl groups is 2. The van der Waals surface area contributed by atoms with Gasteiger partial charge in [-0.2, -0.15) is 11.1 Å². The zero-order valence-corrected chi connectivity index (χ0v) is 32.5. The van der Waals surface area contributed by atoms with Crippen LogP contribution in [0.5, 0.6) is 17.2 Å². The minimum absolute atomic E-state index is 0.0899. The van der Waals surface area contributed by atoms with E-state index in [-0.39, 0.29) is 11.5 Å². The molecule has 0 fully saturated rings. The van der Waals surface area contributed by atoms with Gasteiger partial charge in [0.1, 0.15) is 17.2 Å². The number of oxazole rings is 3. The van der Waals surface area contributed by atoms with Crippen LogP contribution in [0.2, 0.25) is 18.1 Å². The van der Waals surface area contributed by atoms with Gasteiger partial charge >= 0.3 is 17.3 Å². The van der Waals surface area contributed by atoms with Crippen LogP contribution >= 0.6 is 11.1 Å². The number of phenolic OH excluding ortho intramolecular Hbond substituents is 2. The molecule has 0 aliphatic carbocycles. The van der Waals surface area contributed by atoms with Crippen molar-refractivity contribution in [3.8, 4) is 17.2 Å². The van der Waals surface area contributed by atoms with Gasteiger partial charge in [0.25, 0.3) is 0 Å². The molecule has 0 bridgehead atoms. The van der Waals surface area contributed by atoms with Crippen molar-refractivity contribution in [2.45, 2.75) is 66.2 Å². The maximum Gasteiger partial charge on any atom is 0.420 e. The van der Waals surface area contributed by atoms with E-state index in [9.17, 15) is 19.5 Å². The van der Waals surface area contributed by atoms with E-state index in [1.165, 1.54) is 34.9 Å². The normalized spacial score (nSPS) is 11.0. The molecule has 52 heavy (non-hydrogen) atoms. The third-order valence-electron chi connectivity index (χ3n) is 7.93. The number of methoxy groups -OCH3 is 1. The van der Waals surface area contributed by atoms with Crippen molar-refractivity contribution < 1.29 is 28.2 Å². The summed E-state index contributed by atoms with van der Waals surface area (Å²) in [4.78, 5) is 38.2. The molecule has 4 aromatic carbocycles. The van der Waals surface area contributed by atoms with Crippen molar-refractivity contribution >= 4 is 51.8 Å². The number of nitrogens with zero attached hydrogens (tertiary/aromatic N) is 1. The van der Waals surface area contributed by atoms with Crippen LogP contribution in [0.15, 0.2) is 106 Å². The molecule has 7 aromatic rings. The van der Waals surface area contributed by atoms with Gasteiger partial charge in [-0.3, -0.25) is 14.5 Å². The Morgan fingerprint density at radius 1 is 0.769 bits per heavy atom. The fourth-order valence-electron chi connectivity index (χ4n) is 4.21. The van der Waals surface area contributed by atoms with Gasteiger partial charge in [0.05, 0.1) is 30.2 Å². The van der Waals surface area contributed by atoms with Gasteiger partial charge in [0.2, 0.25) is 0 Å². The number of rotatable bonds is 3. The monoisotopic (exact) mass is 751 g/mol. The highest BCUT2D eigenvalue weighted by Gasteiger charge is 2.32. The average molecular weight is 752 g/mol. The minimum Gasteiger partial charge on any atom is -0.508 e. The maximum absolute atomic E-state index is 11.9. The summed E-state index contributed by atoms with van der Waals surface area (Å²) in [6.07, 6.45) is 0. The van der Waals surface area contributed by atoms with Crippen molar-refractivity contribution in [3.63, 3.8) is 0 Å². The summed E-state index contributed by atoms with van der Waals surface area (Å²) in [7, 11) is 0.198. The Kier molecular flexibility index (Phi) is 14.0. The molecule has 7 rings (SSSR count). The highest BCUT2D eigenvalue weighted by molar-refractivity contribution is 7.20. The molecule has 0 amide bonds. The largest absolute Gasteiger partial charge is 0.508 e. The average Bonchev–Trinajstić information content (AvgIpc) is 3.74. The molecule has 0 radical (unpaired) electrons. The lowest BCUT2D eigenvalue weighted by Gasteiger charge is -2.29. The van der Waals surface area contributed by atoms with Gasteiger partial charge in [-0.1, -0.05) is 72.0 Å².